The molecule has 4 unspecified atom stereocenters. The van der Waals surface area contributed by atoms with Crippen LogP contribution in [0.15, 0.2) is 24.7 Å². The lowest BCUT2D eigenvalue weighted by atomic mass is 9.78. The number of pyridine rings is 2. The average molecular weight is 517 g/mol. The van der Waals surface area contributed by atoms with Gasteiger partial charge in [-0.3, -0.25) is 10.4 Å². The topological polar surface area (TPSA) is 106 Å². The number of nitriles is 1. The Morgan fingerprint density at radius 3 is 2.77 bits per heavy atom. The largest absolute Gasteiger partial charge is 0.394 e. The van der Waals surface area contributed by atoms with Gasteiger partial charge in [0.15, 0.2) is 0 Å². The van der Waals surface area contributed by atoms with Crippen molar-refractivity contribution in [3.05, 3.63) is 51.4 Å². The van der Waals surface area contributed by atoms with Gasteiger partial charge in [0, 0.05) is 36.7 Å². The van der Waals surface area contributed by atoms with E-state index in [0.717, 1.165) is 49.8 Å². The molecule has 2 aromatic heterocycles. The van der Waals surface area contributed by atoms with Crippen molar-refractivity contribution in [2.75, 3.05) is 18.1 Å². The van der Waals surface area contributed by atoms with E-state index in [1.165, 1.54) is 0 Å². The fourth-order valence-electron chi connectivity index (χ4n) is 5.90. The van der Waals surface area contributed by atoms with Crippen LogP contribution in [0.2, 0.25) is 10.0 Å². The van der Waals surface area contributed by atoms with Crippen LogP contribution in [0.3, 0.4) is 0 Å². The second kappa shape index (κ2) is 10.6. The van der Waals surface area contributed by atoms with Gasteiger partial charge in [-0.1, -0.05) is 23.2 Å². The molecule has 4 heterocycles. The van der Waals surface area contributed by atoms with Gasteiger partial charge in [-0.25, -0.2) is 10.4 Å². The lowest BCUT2D eigenvalue weighted by Gasteiger charge is -2.35. The Morgan fingerprint density at radius 1 is 1.23 bits per heavy atom. The molecule has 2 aliphatic heterocycles. The summed E-state index contributed by atoms with van der Waals surface area (Å²) in [6.07, 6.45) is 9.56. The number of nitrogens with one attached hydrogen (secondary N) is 2. The Hall–Kier alpha value is -1.99. The molecule has 3 N–H and O–H groups in total. The molecule has 186 valence electrons. The van der Waals surface area contributed by atoms with Crippen LogP contribution < -0.4 is 15.8 Å². The van der Waals surface area contributed by atoms with E-state index in [9.17, 15) is 10.4 Å². The van der Waals surface area contributed by atoms with Crippen molar-refractivity contribution < 1.29 is 9.84 Å². The molecule has 2 aromatic rings. The second-order valence-electron chi connectivity index (χ2n) is 9.69. The standard InChI is InChI=1S/C25H30Cl2N6O2/c1-14(23-20(26)11-29-12-21(23)27)35-18-4-5-22-19(8-18)24(32-31-22)16-7-15(9-28)25(30-10-16)33-6-2-3-17(33)13-34/h7,10-12,14,17-19,22,24,31-32,34H,2-6,8,13H2,1H3/t14-,17+,18?,19?,22?,24?/m1/s1. The Morgan fingerprint density at radius 2 is 2.03 bits per heavy atom. The molecular weight excluding hydrogens is 487 g/mol. The van der Waals surface area contributed by atoms with Crippen LogP contribution in [0.4, 0.5) is 5.82 Å². The quantitative estimate of drug-likeness (QED) is 0.527. The Bertz CT molecular complexity index is 1090. The highest BCUT2D eigenvalue weighted by atomic mass is 35.5. The van der Waals surface area contributed by atoms with E-state index in [1.807, 2.05) is 19.2 Å². The summed E-state index contributed by atoms with van der Waals surface area (Å²) in [7, 11) is 0. The summed E-state index contributed by atoms with van der Waals surface area (Å²) in [6, 6.07) is 4.65. The molecule has 3 fully saturated rings. The second-order valence-corrected chi connectivity index (χ2v) is 10.5. The van der Waals surface area contributed by atoms with Gasteiger partial charge in [0.1, 0.15) is 11.9 Å². The number of hydrogen-bond donors (Lipinski definition) is 3. The van der Waals surface area contributed by atoms with Crippen molar-refractivity contribution in [1.82, 2.24) is 20.8 Å². The number of aromatic nitrogens is 2. The Kier molecular flexibility index (Phi) is 7.44. The van der Waals surface area contributed by atoms with Gasteiger partial charge in [0.05, 0.1) is 46.5 Å². The summed E-state index contributed by atoms with van der Waals surface area (Å²) >= 11 is 12.7. The van der Waals surface area contributed by atoms with E-state index in [4.69, 9.17) is 32.9 Å². The molecule has 0 amide bonds. The third-order valence-corrected chi connectivity index (χ3v) is 8.23. The van der Waals surface area contributed by atoms with Gasteiger partial charge < -0.3 is 14.7 Å². The summed E-state index contributed by atoms with van der Waals surface area (Å²) in [5.74, 6) is 0.959. The molecule has 0 aromatic carbocycles. The zero-order valence-electron chi connectivity index (χ0n) is 19.6. The van der Waals surface area contributed by atoms with Gasteiger partial charge >= 0.3 is 0 Å². The molecule has 0 spiro atoms. The van der Waals surface area contributed by atoms with Gasteiger partial charge in [-0.2, -0.15) is 5.26 Å². The number of hydrazine groups is 1. The molecule has 2 saturated heterocycles. The summed E-state index contributed by atoms with van der Waals surface area (Å²) in [4.78, 5) is 10.8. The molecule has 6 atom stereocenters. The molecule has 35 heavy (non-hydrogen) atoms. The molecular formula is C25H30Cl2N6O2. The molecule has 1 saturated carbocycles. The number of rotatable bonds is 6. The molecule has 0 bridgehead atoms. The Labute approximate surface area is 215 Å². The third-order valence-electron chi connectivity index (χ3n) is 7.62. The lowest BCUT2D eigenvalue weighted by Crippen LogP contribution is -2.37. The maximum Gasteiger partial charge on any atom is 0.146 e. The number of anilines is 1. The first-order valence-electron chi connectivity index (χ1n) is 12.2. The number of aliphatic hydroxyl groups is 1. The maximum absolute atomic E-state index is 9.87. The van der Waals surface area contributed by atoms with Crippen LogP contribution in [0.1, 0.15) is 67.9 Å². The van der Waals surface area contributed by atoms with Crippen molar-refractivity contribution in [1.29, 1.82) is 5.26 Å². The Balaban J connectivity index is 1.32. The SMILES string of the molecule is C[C@@H](OC1CCC2NNC(c3cnc(N4CCC[C@H]4CO)c(C#N)c3)C2C1)c1c(Cl)cncc1Cl. The van der Waals surface area contributed by atoms with E-state index >= 15 is 0 Å². The van der Waals surface area contributed by atoms with Crippen LogP contribution in [-0.4, -0.2) is 46.4 Å². The number of aliphatic hydroxyl groups excluding tert-OH is 1. The first kappa shape index (κ1) is 24.7. The number of ether oxygens (including phenoxy) is 1. The van der Waals surface area contributed by atoms with Gasteiger partial charge in [0.25, 0.3) is 0 Å². The van der Waals surface area contributed by atoms with Crippen molar-refractivity contribution in [2.24, 2.45) is 5.92 Å². The van der Waals surface area contributed by atoms with E-state index in [0.29, 0.717) is 33.4 Å². The maximum atomic E-state index is 9.87. The van der Waals surface area contributed by atoms with Crippen molar-refractivity contribution >= 4 is 29.0 Å². The van der Waals surface area contributed by atoms with Crippen molar-refractivity contribution in [3.63, 3.8) is 0 Å². The minimum absolute atomic E-state index is 0.0238. The molecule has 1 aliphatic carbocycles. The minimum Gasteiger partial charge on any atom is -0.394 e. The lowest BCUT2D eigenvalue weighted by molar-refractivity contribution is -0.0370. The first-order chi connectivity index (χ1) is 17.0. The van der Waals surface area contributed by atoms with Crippen LogP contribution in [0, 0.1) is 17.2 Å². The van der Waals surface area contributed by atoms with Crippen LogP contribution >= 0.6 is 23.2 Å². The highest BCUT2D eigenvalue weighted by Crippen LogP contribution is 2.42. The van der Waals surface area contributed by atoms with Gasteiger partial charge in [-0.05, 0) is 56.6 Å². The fraction of sp³-hybridized carbons (Fsp3) is 0.560. The van der Waals surface area contributed by atoms with Crippen molar-refractivity contribution in [2.45, 2.75) is 69.4 Å². The molecule has 3 aliphatic rings. The van der Waals surface area contributed by atoms with Crippen molar-refractivity contribution in [3.8, 4) is 6.07 Å². The van der Waals surface area contributed by atoms with E-state index in [1.54, 1.807) is 12.4 Å². The first-order valence-corrected chi connectivity index (χ1v) is 13.0. The van der Waals surface area contributed by atoms with E-state index in [-0.39, 0.29) is 30.9 Å². The van der Waals surface area contributed by atoms with Crippen LogP contribution in [0.25, 0.3) is 0 Å². The molecule has 10 heteroatoms. The number of fused-ring (bicyclic) bond motifs is 1. The number of nitrogens with zero attached hydrogens (tertiary/aromatic N) is 4. The summed E-state index contributed by atoms with van der Waals surface area (Å²) in [5, 5.41) is 20.6. The zero-order chi connectivity index (χ0) is 24.5. The molecule has 8 nitrogen and oxygen atoms in total. The normalized spacial score (nSPS) is 29.1. The zero-order valence-corrected chi connectivity index (χ0v) is 21.1. The third kappa shape index (κ3) is 4.86. The summed E-state index contributed by atoms with van der Waals surface area (Å²) < 4.78 is 6.44. The van der Waals surface area contributed by atoms with Crippen LogP contribution in [0.5, 0.6) is 0 Å². The molecule has 0 radical (unpaired) electrons. The number of hydrogen-bond acceptors (Lipinski definition) is 8. The smallest absolute Gasteiger partial charge is 0.146 e. The van der Waals surface area contributed by atoms with E-state index in [2.05, 4.69) is 26.8 Å². The average Bonchev–Trinajstić information content (AvgIpc) is 3.50. The predicted molar refractivity (Wildman–Crippen MR) is 134 cm³/mol. The van der Waals surface area contributed by atoms with Gasteiger partial charge in [-0.15, -0.1) is 0 Å². The van der Waals surface area contributed by atoms with E-state index < -0.39 is 0 Å². The van der Waals surface area contributed by atoms with Gasteiger partial charge in [0.2, 0.25) is 0 Å². The summed E-state index contributed by atoms with van der Waals surface area (Å²) in [5.41, 5.74) is 9.19. The molecule has 5 rings (SSSR count). The fourth-order valence-corrected chi connectivity index (χ4v) is 6.57. The minimum atomic E-state index is -0.244. The predicted octanol–water partition coefficient (Wildman–Crippen LogP) is 4.08. The monoisotopic (exact) mass is 516 g/mol. The summed E-state index contributed by atoms with van der Waals surface area (Å²) in [6.45, 7) is 2.85. The number of halogens is 2. The van der Waals surface area contributed by atoms with Crippen LogP contribution in [-0.2, 0) is 4.74 Å². The highest BCUT2D eigenvalue weighted by molar-refractivity contribution is 6.35. The highest BCUT2D eigenvalue weighted by Gasteiger charge is 2.42.